The van der Waals surface area contributed by atoms with Crippen LogP contribution in [-0.2, 0) is 4.79 Å². The third kappa shape index (κ3) is 11.6. The smallest absolute Gasteiger partial charge is 0.232 e. The van der Waals surface area contributed by atoms with Crippen molar-refractivity contribution in [3.63, 3.8) is 0 Å². The molecule has 3 N–H and O–H groups in total. The van der Waals surface area contributed by atoms with Crippen LogP contribution >= 0.6 is 12.6 Å². The van der Waals surface area contributed by atoms with E-state index in [1.807, 2.05) is 0 Å². The third-order valence-corrected chi connectivity index (χ3v) is 3.85. The highest BCUT2D eigenvalue weighted by molar-refractivity contribution is 7.81. The van der Waals surface area contributed by atoms with E-state index in [2.05, 4.69) is 24.9 Å². The molecule has 0 aromatic rings. The lowest BCUT2D eigenvalue weighted by Gasteiger charge is -2.13. The first kappa shape index (κ1) is 19.7. The second kappa shape index (κ2) is 13.7. The van der Waals surface area contributed by atoms with Gasteiger partial charge < -0.3 is 15.5 Å². The number of amides is 1. The van der Waals surface area contributed by atoms with E-state index >= 15 is 0 Å². The Bertz CT molecular complexity index is 239. The molecular weight excluding hydrogens is 274 g/mol. The van der Waals surface area contributed by atoms with E-state index in [0.29, 0.717) is 0 Å². The maximum absolute atomic E-state index is 11.6. The maximum atomic E-state index is 11.6. The third-order valence-electron chi connectivity index (χ3n) is 3.36. The standard InChI is InChI=1S/C15H31NO3S/c1-2-3-4-5-6-7-8-9-10-14(20)15(19)16-11-13(18)12-17/h13-14,17-18,20H,2-12H2,1H3,(H,16,19). The summed E-state index contributed by atoms with van der Waals surface area (Å²) in [6, 6.07) is 0. The zero-order valence-corrected chi connectivity index (χ0v) is 13.6. The summed E-state index contributed by atoms with van der Waals surface area (Å²) in [5, 5.41) is 20.0. The van der Waals surface area contributed by atoms with Crippen LogP contribution in [-0.4, -0.2) is 40.6 Å². The highest BCUT2D eigenvalue weighted by Crippen LogP contribution is 2.12. The molecule has 2 unspecified atom stereocenters. The molecule has 0 saturated heterocycles. The fourth-order valence-corrected chi connectivity index (χ4v) is 2.28. The molecule has 0 aliphatic heterocycles. The van der Waals surface area contributed by atoms with Crippen LogP contribution in [0.25, 0.3) is 0 Å². The Labute approximate surface area is 128 Å². The number of hydrogen-bond donors (Lipinski definition) is 4. The van der Waals surface area contributed by atoms with Gasteiger partial charge in [0.1, 0.15) is 0 Å². The summed E-state index contributed by atoms with van der Waals surface area (Å²) < 4.78 is 0. The molecule has 0 aliphatic rings. The fraction of sp³-hybridized carbons (Fsp3) is 0.933. The summed E-state index contributed by atoms with van der Waals surface area (Å²) in [6.45, 7) is 1.97. The lowest BCUT2D eigenvalue weighted by Crippen LogP contribution is -2.38. The van der Waals surface area contributed by atoms with Gasteiger partial charge in [-0.05, 0) is 6.42 Å². The van der Waals surface area contributed by atoms with Crippen LogP contribution in [0.2, 0.25) is 0 Å². The van der Waals surface area contributed by atoms with Gasteiger partial charge in [-0.3, -0.25) is 4.79 Å². The van der Waals surface area contributed by atoms with E-state index in [9.17, 15) is 4.79 Å². The fourth-order valence-electron chi connectivity index (χ4n) is 2.00. The summed E-state index contributed by atoms with van der Waals surface area (Å²) in [7, 11) is 0. The number of aliphatic hydroxyl groups is 2. The summed E-state index contributed by atoms with van der Waals surface area (Å²) in [5.41, 5.74) is 0. The number of carbonyl (C=O) groups excluding carboxylic acids is 1. The van der Waals surface area contributed by atoms with Crippen molar-refractivity contribution in [2.24, 2.45) is 0 Å². The van der Waals surface area contributed by atoms with Gasteiger partial charge in [-0.1, -0.05) is 58.3 Å². The SMILES string of the molecule is CCCCCCCCCCC(S)C(=O)NCC(O)CO. The first-order chi connectivity index (χ1) is 9.61. The van der Waals surface area contributed by atoms with Crippen molar-refractivity contribution in [1.29, 1.82) is 0 Å². The van der Waals surface area contributed by atoms with E-state index in [4.69, 9.17) is 10.2 Å². The number of thiol groups is 1. The molecule has 2 atom stereocenters. The van der Waals surface area contributed by atoms with E-state index in [0.717, 1.165) is 19.3 Å². The maximum Gasteiger partial charge on any atom is 0.232 e. The van der Waals surface area contributed by atoms with Gasteiger partial charge in [0.05, 0.1) is 18.0 Å². The Morgan fingerprint density at radius 2 is 1.65 bits per heavy atom. The van der Waals surface area contributed by atoms with Crippen molar-refractivity contribution in [3.8, 4) is 0 Å². The quantitative estimate of drug-likeness (QED) is 0.312. The summed E-state index contributed by atoms with van der Waals surface area (Å²) >= 11 is 4.27. The second-order valence-electron chi connectivity index (χ2n) is 5.36. The van der Waals surface area contributed by atoms with Crippen molar-refractivity contribution in [2.75, 3.05) is 13.2 Å². The Morgan fingerprint density at radius 3 is 2.20 bits per heavy atom. The molecule has 0 spiro atoms. The van der Waals surface area contributed by atoms with Crippen LogP contribution < -0.4 is 5.32 Å². The molecule has 0 aliphatic carbocycles. The van der Waals surface area contributed by atoms with E-state index < -0.39 is 6.10 Å². The molecule has 120 valence electrons. The predicted molar refractivity (Wildman–Crippen MR) is 86.1 cm³/mol. The molecule has 0 aromatic carbocycles. The second-order valence-corrected chi connectivity index (χ2v) is 5.98. The molecule has 0 radical (unpaired) electrons. The minimum absolute atomic E-state index is 0.0871. The highest BCUT2D eigenvalue weighted by Gasteiger charge is 2.14. The van der Waals surface area contributed by atoms with E-state index in [-0.39, 0.29) is 24.3 Å². The van der Waals surface area contributed by atoms with Gasteiger partial charge in [0, 0.05) is 6.54 Å². The summed E-state index contributed by atoms with van der Waals surface area (Å²) in [5.74, 6) is -0.163. The molecule has 0 rings (SSSR count). The molecule has 0 saturated carbocycles. The van der Waals surface area contributed by atoms with Crippen LogP contribution in [0.4, 0.5) is 0 Å². The molecular formula is C15H31NO3S. The van der Waals surface area contributed by atoms with Crippen molar-refractivity contribution >= 4 is 18.5 Å². The van der Waals surface area contributed by atoms with Crippen molar-refractivity contribution < 1.29 is 15.0 Å². The first-order valence-corrected chi connectivity index (χ1v) is 8.38. The van der Waals surface area contributed by atoms with Gasteiger partial charge in [0.2, 0.25) is 5.91 Å². The van der Waals surface area contributed by atoms with Gasteiger partial charge in [-0.15, -0.1) is 0 Å². The van der Waals surface area contributed by atoms with Gasteiger partial charge in [0.15, 0.2) is 0 Å². The lowest BCUT2D eigenvalue weighted by molar-refractivity contribution is -0.121. The van der Waals surface area contributed by atoms with Crippen LogP contribution in [0.3, 0.4) is 0 Å². The molecule has 0 heterocycles. The van der Waals surface area contributed by atoms with Gasteiger partial charge >= 0.3 is 0 Å². The number of rotatable bonds is 13. The van der Waals surface area contributed by atoms with Crippen LogP contribution in [0, 0.1) is 0 Å². The monoisotopic (exact) mass is 305 g/mol. The number of hydrogen-bond acceptors (Lipinski definition) is 4. The van der Waals surface area contributed by atoms with Gasteiger partial charge in [0.25, 0.3) is 0 Å². The first-order valence-electron chi connectivity index (χ1n) is 7.86. The Kier molecular flexibility index (Phi) is 13.5. The molecule has 0 aromatic heterocycles. The molecule has 1 amide bonds. The van der Waals surface area contributed by atoms with E-state index in [1.165, 1.54) is 38.5 Å². The van der Waals surface area contributed by atoms with Gasteiger partial charge in [-0.2, -0.15) is 12.6 Å². The number of aliphatic hydroxyl groups excluding tert-OH is 2. The number of carbonyl (C=O) groups is 1. The Morgan fingerprint density at radius 1 is 1.10 bits per heavy atom. The summed E-state index contributed by atoms with van der Waals surface area (Å²) in [6.07, 6.45) is 9.81. The minimum Gasteiger partial charge on any atom is -0.394 e. The Hall–Kier alpha value is -0.260. The largest absolute Gasteiger partial charge is 0.394 e. The van der Waals surface area contributed by atoms with Crippen molar-refractivity contribution in [3.05, 3.63) is 0 Å². The molecule has 20 heavy (non-hydrogen) atoms. The normalized spacial score (nSPS) is 14.0. The van der Waals surface area contributed by atoms with Crippen molar-refractivity contribution in [1.82, 2.24) is 5.32 Å². The zero-order valence-electron chi connectivity index (χ0n) is 12.7. The average molecular weight is 305 g/mol. The Balaban J connectivity index is 3.43. The average Bonchev–Trinajstić information content (AvgIpc) is 2.46. The van der Waals surface area contributed by atoms with Crippen LogP contribution in [0.5, 0.6) is 0 Å². The topological polar surface area (TPSA) is 69.6 Å². The summed E-state index contributed by atoms with van der Waals surface area (Å²) in [4.78, 5) is 11.6. The predicted octanol–water partition coefficient (Wildman–Crippen LogP) is 2.28. The number of nitrogens with one attached hydrogen (secondary N) is 1. The molecule has 0 bridgehead atoms. The lowest BCUT2D eigenvalue weighted by atomic mass is 10.1. The van der Waals surface area contributed by atoms with Gasteiger partial charge in [-0.25, -0.2) is 0 Å². The van der Waals surface area contributed by atoms with E-state index in [1.54, 1.807) is 0 Å². The number of unbranched alkanes of at least 4 members (excludes halogenated alkanes) is 7. The molecule has 4 nitrogen and oxygen atoms in total. The minimum atomic E-state index is -0.886. The molecule has 0 fully saturated rings. The highest BCUT2D eigenvalue weighted by atomic mass is 32.1. The molecule has 5 heteroatoms. The zero-order chi connectivity index (χ0) is 15.2. The van der Waals surface area contributed by atoms with Crippen molar-refractivity contribution in [2.45, 2.75) is 76.1 Å². The van der Waals surface area contributed by atoms with Crippen LogP contribution in [0.1, 0.15) is 64.7 Å². The van der Waals surface area contributed by atoms with Crippen LogP contribution in [0.15, 0.2) is 0 Å².